The van der Waals surface area contributed by atoms with Gasteiger partial charge in [0.25, 0.3) is 0 Å². The van der Waals surface area contributed by atoms with E-state index in [-0.39, 0.29) is 11.8 Å². The van der Waals surface area contributed by atoms with Crippen molar-refractivity contribution in [2.24, 2.45) is 5.92 Å². The predicted octanol–water partition coefficient (Wildman–Crippen LogP) is 1.29. The molecule has 0 aliphatic rings. The molecule has 0 aromatic rings. The summed E-state index contributed by atoms with van der Waals surface area (Å²) in [6, 6.07) is 0. The number of hydrogen-bond donors (Lipinski definition) is 2. The van der Waals surface area contributed by atoms with Gasteiger partial charge >= 0.3 is 0 Å². The lowest BCUT2D eigenvalue weighted by molar-refractivity contribution is -0.119. The summed E-state index contributed by atoms with van der Waals surface area (Å²) < 4.78 is 0. The van der Waals surface area contributed by atoms with E-state index in [1.54, 1.807) is 0 Å². The van der Waals surface area contributed by atoms with Crippen molar-refractivity contribution in [3.05, 3.63) is 0 Å². The van der Waals surface area contributed by atoms with E-state index in [0.717, 1.165) is 12.8 Å². The predicted molar refractivity (Wildman–Crippen MR) is 56.9 cm³/mol. The van der Waals surface area contributed by atoms with Crippen LogP contribution < -0.4 is 5.32 Å². The molecule has 0 fully saturated rings. The molecule has 0 heterocycles. The van der Waals surface area contributed by atoms with Gasteiger partial charge in [0.1, 0.15) is 0 Å². The highest BCUT2D eigenvalue weighted by molar-refractivity contribution is 9.09. The number of rotatable bonds is 6. The van der Waals surface area contributed by atoms with E-state index in [4.69, 9.17) is 0 Å². The van der Waals surface area contributed by atoms with E-state index in [0.29, 0.717) is 11.9 Å². The minimum atomic E-state index is -0.419. The van der Waals surface area contributed by atoms with Crippen LogP contribution in [-0.4, -0.2) is 29.0 Å². The smallest absolute Gasteiger partial charge is 0.230 e. The summed E-state index contributed by atoms with van der Waals surface area (Å²) in [5.41, 5.74) is 0. The second kappa shape index (κ2) is 7.33. The fourth-order valence-corrected chi connectivity index (χ4v) is 1.46. The Morgan fingerprint density at radius 2 is 2.00 bits per heavy atom. The number of carbonyl (C=O) groups excluding carboxylic acids is 1. The highest BCUT2D eigenvalue weighted by Gasteiger charge is 2.15. The molecule has 78 valence electrons. The zero-order chi connectivity index (χ0) is 10.3. The first-order valence-electron chi connectivity index (χ1n) is 4.66. The second-order valence-corrected chi connectivity index (χ2v) is 3.64. The molecule has 0 radical (unpaired) electrons. The highest BCUT2D eigenvalue weighted by atomic mass is 79.9. The summed E-state index contributed by atoms with van der Waals surface area (Å²) in [5, 5.41) is 12.6. The summed E-state index contributed by atoms with van der Waals surface area (Å²) in [7, 11) is 0. The Morgan fingerprint density at radius 3 is 2.38 bits per heavy atom. The number of nitrogens with one attached hydrogen (secondary N) is 1. The second-order valence-electron chi connectivity index (χ2n) is 3.08. The van der Waals surface area contributed by atoms with E-state index in [9.17, 15) is 9.90 Å². The Hall–Kier alpha value is -0.0900. The van der Waals surface area contributed by atoms with Crippen molar-refractivity contribution in [2.75, 3.05) is 11.9 Å². The molecule has 13 heavy (non-hydrogen) atoms. The molecule has 0 aromatic heterocycles. The average Bonchev–Trinajstić information content (AvgIpc) is 2.16. The van der Waals surface area contributed by atoms with Crippen LogP contribution in [0.2, 0.25) is 0 Å². The van der Waals surface area contributed by atoms with Crippen LogP contribution in [0.4, 0.5) is 0 Å². The summed E-state index contributed by atoms with van der Waals surface area (Å²) in [4.78, 5) is 10.8. The molecular weight excluding hydrogens is 234 g/mol. The maximum atomic E-state index is 10.8. The molecule has 1 amide bonds. The maximum Gasteiger partial charge on any atom is 0.230 e. The van der Waals surface area contributed by atoms with E-state index < -0.39 is 6.10 Å². The van der Waals surface area contributed by atoms with Crippen molar-refractivity contribution in [1.29, 1.82) is 0 Å². The third kappa shape index (κ3) is 5.26. The molecule has 0 aromatic carbocycles. The van der Waals surface area contributed by atoms with Crippen molar-refractivity contribution >= 4 is 21.8 Å². The number of aliphatic hydroxyl groups is 1. The van der Waals surface area contributed by atoms with Gasteiger partial charge in [0.05, 0.1) is 11.4 Å². The van der Waals surface area contributed by atoms with Crippen LogP contribution in [0.5, 0.6) is 0 Å². The zero-order valence-electron chi connectivity index (χ0n) is 8.22. The molecule has 0 aliphatic heterocycles. The number of hydrogen-bond acceptors (Lipinski definition) is 2. The van der Waals surface area contributed by atoms with Crippen molar-refractivity contribution < 1.29 is 9.90 Å². The molecule has 1 atom stereocenters. The third-order valence-corrected chi connectivity index (χ3v) is 2.73. The van der Waals surface area contributed by atoms with Crippen molar-refractivity contribution in [3.8, 4) is 0 Å². The zero-order valence-corrected chi connectivity index (χ0v) is 9.80. The van der Waals surface area contributed by atoms with Gasteiger partial charge in [0.15, 0.2) is 0 Å². The van der Waals surface area contributed by atoms with E-state index in [1.807, 2.05) is 13.8 Å². The first-order valence-corrected chi connectivity index (χ1v) is 5.78. The van der Waals surface area contributed by atoms with Gasteiger partial charge < -0.3 is 10.4 Å². The lowest BCUT2D eigenvalue weighted by Gasteiger charge is -2.19. The first kappa shape index (κ1) is 12.9. The van der Waals surface area contributed by atoms with Crippen LogP contribution in [0.25, 0.3) is 0 Å². The Labute approximate surface area is 88.0 Å². The molecule has 4 heteroatoms. The number of aliphatic hydroxyl groups excluding tert-OH is 1. The third-order valence-electron chi connectivity index (χ3n) is 2.22. The van der Waals surface area contributed by atoms with Gasteiger partial charge in [-0.3, -0.25) is 4.79 Å². The summed E-state index contributed by atoms with van der Waals surface area (Å²) in [6.07, 6.45) is 1.47. The monoisotopic (exact) mass is 251 g/mol. The number of amides is 1. The molecule has 0 saturated heterocycles. The van der Waals surface area contributed by atoms with Crippen LogP contribution in [0.15, 0.2) is 0 Å². The Kier molecular flexibility index (Phi) is 7.28. The molecule has 0 bridgehead atoms. The molecule has 0 spiro atoms. The minimum Gasteiger partial charge on any atom is -0.391 e. The number of alkyl halides is 1. The number of carbonyl (C=O) groups is 1. The lowest BCUT2D eigenvalue weighted by Crippen LogP contribution is -2.36. The summed E-state index contributed by atoms with van der Waals surface area (Å²) in [5.74, 6) is 0.209. The van der Waals surface area contributed by atoms with Gasteiger partial charge in [0.2, 0.25) is 5.91 Å². The SMILES string of the molecule is CCC(CC)C(O)CNC(=O)CBr. The van der Waals surface area contributed by atoms with Gasteiger partial charge in [-0.25, -0.2) is 0 Å². The Balaban J connectivity index is 3.71. The van der Waals surface area contributed by atoms with Gasteiger partial charge in [-0.2, -0.15) is 0 Å². The molecule has 0 aliphatic carbocycles. The highest BCUT2D eigenvalue weighted by Crippen LogP contribution is 2.11. The summed E-state index contributed by atoms with van der Waals surface area (Å²) >= 11 is 3.04. The van der Waals surface area contributed by atoms with Crippen LogP contribution in [0.3, 0.4) is 0 Å². The standard InChI is InChI=1S/C9H18BrNO2/c1-3-7(4-2)8(12)6-11-9(13)5-10/h7-8,12H,3-6H2,1-2H3,(H,11,13). The van der Waals surface area contributed by atoms with E-state index >= 15 is 0 Å². The molecule has 2 N–H and O–H groups in total. The van der Waals surface area contributed by atoms with Gasteiger partial charge in [-0.15, -0.1) is 0 Å². The quantitative estimate of drug-likeness (QED) is 0.700. The van der Waals surface area contributed by atoms with Crippen molar-refractivity contribution in [2.45, 2.75) is 32.8 Å². The van der Waals surface area contributed by atoms with Crippen molar-refractivity contribution in [1.82, 2.24) is 5.32 Å². The minimum absolute atomic E-state index is 0.0787. The van der Waals surface area contributed by atoms with Crippen LogP contribution in [0.1, 0.15) is 26.7 Å². The van der Waals surface area contributed by atoms with Gasteiger partial charge in [-0.1, -0.05) is 42.6 Å². The van der Waals surface area contributed by atoms with E-state index in [2.05, 4.69) is 21.2 Å². The largest absolute Gasteiger partial charge is 0.391 e. The van der Waals surface area contributed by atoms with Crippen LogP contribution >= 0.6 is 15.9 Å². The molecular formula is C9H18BrNO2. The van der Waals surface area contributed by atoms with E-state index in [1.165, 1.54) is 0 Å². The first-order chi connectivity index (χ1) is 6.15. The molecule has 3 nitrogen and oxygen atoms in total. The van der Waals surface area contributed by atoms with Gasteiger partial charge in [-0.05, 0) is 5.92 Å². The topological polar surface area (TPSA) is 49.3 Å². The van der Waals surface area contributed by atoms with Crippen LogP contribution in [0, 0.1) is 5.92 Å². The summed E-state index contributed by atoms with van der Waals surface area (Å²) in [6.45, 7) is 4.45. The number of halogens is 1. The van der Waals surface area contributed by atoms with Crippen molar-refractivity contribution in [3.63, 3.8) is 0 Å². The molecule has 1 unspecified atom stereocenters. The van der Waals surface area contributed by atoms with Gasteiger partial charge in [0, 0.05) is 6.54 Å². The normalized spacial score (nSPS) is 13.0. The lowest BCUT2D eigenvalue weighted by atomic mass is 9.97. The average molecular weight is 252 g/mol. The Bertz CT molecular complexity index is 149. The molecule has 0 rings (SSSR count). The Morgan fingerprint density at radius 1 is 1.46 bits per heavy atom. The maximum absolute atomic E-state index is 10.8. The fraction of sp³-hybridized carbons (Fsp3) is 0.889. The van der Waals surface area contributed by atoms with Crippen LogP contribution in [-0.2, 0) is 4.79 Å². The fourth-order valence-electron chi connectivity index (χ4n) is 1.27. The molecule has 0 saturated carbocycles.